The summed E-state index contributed by atoms with van der Waals surface area (Å²) in [5.41, 5.74) is 3.87. The Hall–Kier alpha value is -3.21. The smallest absolute Gasteiger partial charge is 0.251 e. The van der Waals surface area contributed by atoms with Crippen molar-refractivity contribution in [3.8, 4) is 0 Å². The molecule has 0 radical (unpaired) electrons. The lowest BCUT2D eigenvalue weighted by Gasteiger charge is -2.22. The van der Waals surface area contributed by atoms with E-state index in [1.165, 1.54) is 0 Å². The molecule has 28 heavy (non-hydrogen) atoms. The third-order valence-corrected chi connectivity index (χ3v) is 4.67. The molecule has 0 spiro atoms. The number of hydrogen-bond donors (Lipinski definition) is 2. The second-order valence-electron chi connectivity index (χ2n) is 7.38. The molecule has 0 aliphatic heterocycles. The van der Waals surface area contributed by atoms with E-state index in [0.29, 0.717) is 11.3 Å². The van der Waals surface area contributed by atoms with Crippen LogP contribution in [0.1, 0.15) is 35.5 Å². The Balaban J connectivity index is 1.81. The molecule has 0 saturated heterocycles. The standard InChI is InChI=1S/C23H25N3O2/c1-14(2)20(26-22(27)18-11-8-15(3)9-12-18)23(28)25-19-7-5-6-17-13-10-16(4)24-21(17)19/h5-14,20H,1-4H3,(H,25,28)(H,26,27). The fraction of sp³-hybridized carbons (Fsp3) is 0.261. The predicted molar refractivity (Wildman–Crippen MR) is 112 cm³/mol. The van der Waals surface area contributed by atoms with E-state index in [2.05, 4.69) is 15.6 Å². The van der Waals surface area contributed by atoms with Crippen LogP contribution in [0.2, 0.25) is 0 Å². The maximum absolute atomic E-state index is 13.0. The lowest BCUT2D eigenvalue weighted by Crippen LogP contribution is -2.47. The first-order valence-corrected chi connectivity index (χ1v) is 9.40. The summed E-state index contributed by atoms with van der Waals surface area (Å²) in [4.78, 5) is 30.1. The summed E-state index contributed by atoms with van der Waals surface area (Å²) >= 11 is 0. The average Bonchev–Trinajstić information content (AvgIpc) is 2.66. The van der Waals surface area contributed by atoms with Crippen molar-refractivity contribution in [2.75, 3.05) is 5.32 Å². The van der Waals surface area contributed by atoms with Crippen LogP contribution in [0.15, 0.2) is 54.6 Å². The Morgan fingerprint density at radius 2 is 1.64 bits per heavy atom. The molecular weight excluding hydrogens is 350 g/mol. The molecule has 144 valence electrons. The zero-order valence-electron chi connectivity index (χ0n) is 16.6. The van der Waals surface area contributed by atoms with E-state index in [1.807, 2.05) is 70.2 Å². The summed E-state index contributed by atoms with van der Waals surface area (Å²) in [5.74, 6) is -0.592. The summed E-state index contributed by atoms with van der Waals surface area (Å²) in [6, 6.07) is 16.2. The molecule has 0 saturated carbocycles. The monoisotopic (exact) mass is 375 g/mol. The highest BCUT2D eigenvalue weighted by atomic mass is 16.2. The van der Waals surface area contributed by atoms with Crippen molar-refractivity contribution >= 4 is 28.4 Å². The van der Waals surface area contributed by atoms with E-state index in [4.69, 9.17) is 0 Å². The van der Waals surface area contributed by atoms with Crippen LogP contribution in [0.4, 0.5) is 5.69 Å². The van der Waals surface area contributed by atoms with Gasteiger partial charge in [0, 0.05) is 16.6 Å². The summed E-state index contributed by atoms with van der Waals surface area (Å²) in [7, 11) is 0. The van der Waals surface area contributed by atoms with Crippen LogP contribution in [-0.4, -0.2) is 22.8 Å². The number of amides is 2. The fourth-order valence-electron chi connectivity index (χ4n) is 3.02. The molecule has 3 rings (SSSR count). The number of benzene rings is 2. The zero-order valence-corrected chi connectivity index (χ0v) is 16.6. The van der Waals surface area contributed by atoms with Crippen molar-refractivity contribution in [2.45, 2.75) is 33.7 Å². The molecule has 5 nitrogen and oxygen atoms in total. The van der Waals surface area contributed by atoms with Crippen LogP contribution in [-0.2, 0) is 4.79 Å². The van der Waals surface area contributed by atoms with Gasteiger partial charge in [0.1, 0.15) is 6.04 Å². The Kier molecular flexibility index (Phi) is 5.73. The van der Waals surface area contributed by atoms with Gasteiger partial charge in [-0.2, -0.15) is 0 Å². The Morgan fingerprint density at radius 3 is 2.32 bits per heavy atom. The van der Waals surface area contributed by atoms with Gasteiger partial charge >= 0.3 is 0 Å². The van der Waals surface area contributed by atoms with E-state index in [9.17, 15) is 9.59 Å². The molecule has 0 fully saturated rings. The van der Waals surface area contributed by atoms with Gasteiger partial charge in [-0.25, -0.2) is 0 Å². The third-order valence-electron chi connectivity index (χ3n) is 4.67. The predicted octanol–water partition coefficient (Wildman–Crippen LogP) is 4.24. The summed E-state index contributed by atoms with van der Waals surface area (Å²) < 4.78 is 0. The number of para-hydroxylation sites is 1. The van der Waals surface area contributed by atoms with Crippen LogP contribution in [0, 0.1) is 19.8 Å². The number of aryl methyl sites for hydroxylation is 2. The Bertz CT molecular complexity index is 1010. The summed E-state index contributed by atoms with van der Waals surface area (Å²) in [5, 5.41) is 6.76. The highest BCUT2D eigenvalue weighted by Gasteiger charge is 2.25. The quantitative estimate of drug-likeness (QED) is 0.700. The van der Waals surface area contributed by atoms with Crippen molar-refractivity contribution in [3.05, 3.63) is 71.4 Å². The second-order valence-corrected chi connectivity index (χ2v) is 7.38. The minimum atomic E-state index is -0.658. The number of rotatable bonds is 5. The van der Waals surface area contributed by atoms with Gasteiger partial charge < -0.3 is 10.6 Å². The summed E-state index contributed by atoms with van der Waals surface area (Å²) in [6.07, 6.45) is 0. The number of aromatic nitrogens is 1. The number of fused-ring (bicyclic) bond motifs is 1. The van der Waals surface area contributed by atoms with Gasteiger partial charge in [0.05, 0.1) is 11.2 Å². The van der Waals surface area contributed by atoms with Crippen molar-refractivity contribution in [2.24, 2.45) is 5.92 Å². The number of anilines is 1. The topological polar surface area (TPSA) is 71.1 Å². The summed E-state index contributed by atoms with van der Waals surface area (Å²) in [6.45, 7) is 7.69. The SMILES string of the molecule is Cc1ccc(C(=O)NC(C(=O)Nc2cccc3ccc(C)nc23)C(C)C)cc1. The first kappa shape index (κ1) is 19.5. The third kappa shape index (κ3) is 4.36. The molecule has 0 bridgehead atoms. The van der Waals surface area contributed by atoms with Gasteiger partial charge in [0.25, 0.3) is 5.91 Å². The first-order chi connectivity index (χ1) is 13.3. The van der Waals surface area contributed by atoms with Gasteiger partial charge in [-0.1, -0.05) is 49.7 Å². The zero-order chi connectivity index (χ0) is 20.3. The van der Waals surface area contributed by atoms with Gasteiger partial charge in [-0.05, 0) is 44.0 Å². The Labute approximate surface area is 165 Å². The highest BCUT2D eigenvalue weighted by molar-refractivity contribution is 6.05. The van der Waals surface area contributed by atoms with Gasteiger partial charge in [0.2, 0.25) is 5.91 Å². The Morgan fingerprint density at radius 1 is 0.929 bits per heavy atom. The maximum atomic E-state index is 13.0. The molecule has 2 N–H and O–H groups in total. The minimum absolute atomic E-state index is 0.0703. The maximum Gasteiger partial charge on any atom is 0.251 e. The number of carbonyl (C=O) groups excluding carboxylic acids is 2. The average molecular weight is 375 g/mol. The molecule has 2 aromatic carbocycles. The van der Waals surface area contributed by atoms with Crippen molar-refractivity contribution in [1.29, 1.82) is 0 Å². The number of nitrogens with one attached hydrogen (secondary N) is 2. The van der Waals surface area contributed by atoms with Crippen LogP contribution < -0.4 is 10.6 Å². The number of hydrogen-bond acceptors (Lipinski definition) is 3. The van der Waals surface area contributed by atoms with Crippen LogP contribution in [0.5, 0.6) is 0 Å². The van der Waals surface area contributed by atoms with Gasteiger partial charge in [0.15, 0.2) is 0 Å². The molecule has 3 aromatic rings. The molecule has 1 unspecified atom stereocenters. The fourth-order valence-corrected chi connectivity index (χ4v) is 3.02. The number of nitrogens with zero attached hydrogens (tertiary/aromatic N) is 1. The van der Waals surface area contributed by atoms with E-state index >= 15 is 0 Å². The van der Waals surface area contributed by atoms with Crippen LogP contribution in [0.3, 0.4) is 0 Å². The van der Waals surface area contributed by atoms with Gasteiger partial charge in [-0.15, -0.1) is 0 Å². The van der Waals surface area contributed by atoms with Crippen molar-refractivity contribution in [3.63, 3.8) is 0 Å². The van der Waals surface area contributed by atoms with Crippen molar-refractivity contribution < 1.29 is 9.59 Å². The van der Waals surface area contributed by atoms with E-state index in [0.717, 1.165) is 22.2 Å². The van der Waals surface area contributed by atoms with Crippen molar-refractivity contribution in [1.82, 2.24) is 10.3 Å². The van der Waals surface area contributed by atoms with Crippen LogP contribution >= 0.6 is 0 Å². The molecule has 2 amide bonds. The minimum Gasteiger partial charge on any atom is -0.340 e. The van der Waals surface area contributed by atoms with E-state index in [1.54, 1.807) is 12.1 Å². The lowest BCUT2D eigenvalue weighted by atomic mass is 10.0. The normalized spacial score (nSPS) is 12.0. The van der Waals surface area contributed by atoms with Crippen LogP contribution in [0.25, 0.3) is 10.9 Å². The molecule has 0 aliphatic carbocycles. The molecule has 0 aliphatic rings. The molecule has 1 atom stereocenters. The van der Waals surface area contributed by atoms with E-state index in [-0.39, 0.29) is 17.7 Å². The number of pyridine rings is 1. The number of carbonyl (C=O) groups is 2. The van der Waals surface area contributed by atoms with Gasteiger partial charge in [-0.3, -0.25) is 14.6 Å². The largest absolute Gasteiger partial charge is 0.340 e. The molecule has 1 heterocycles. The molecule has 5 heteroatoms. The van der Waals surface area contributed by atoms with E-state index < -0.39 is 6.04 Å². The second kappa shape index (κ2) is 8.21. The lowest BCUT2D eigenvalue weighted by molar-refractivity contribution is -0.118. The first-order valence-electron chi connectivity index (χ1n) is 9.40. The highest BCUT2D eigenvalue weighted by Crippen LogP contribution is 2.22. The molecule has 1 aromatic heterocycles. The molecular formula is C23H25N3O2.